The van der Waals surface area contributed by atoms with Crippen molar-refractivity contribution < 1.29 is 4.79 Å². The quantitative estimate of drug-likeness (QED) is 0.213. The van der Waals surface area contributed by atoms with Crippen LogP contribution in [0.25, 0.3) is 10.9 Å². The van der Waals surface area contributed by atoms with E-state index in [1.807, 2.05) is 54.8 Å². The molecule has 0 fully saturated rings. The lowest BCUT2D eigenvalue weighted by Crippen LogP contribution is -2.27. The normalized spacial score (nSPS) is 15.8. The van der Waals surface area contributed by atoms with Crippen LogP contribution >= 0.6 is 11.3 Å². The first-order valence-corrected chi connectivity index (χ1v) is 13.4. The summed E-state index contributed by atoms with van der Waals surface area (Å²) in [4.78, 5) is 19.8. The van der Waals surface area contributed by atoms with Crippen LogP contribution in [0.3, 0.4) is 0 Å². The lowest BCUT2D eigenvalue weighted by atomic mass is 9.72. The predicted octanol–water partition coefficient (Wildman–Crippen LogP) is 8.04. The molecule has 0 saturated heterocycles. The summed E-state index contributed by atoms with van der Waals surface area (Å²) < 4.78 is 2.18. The summed E-state index contributed by atoms with van der Waals surface area (Å²) >= 11 is 1.68. The van der Waals surface area contributed by atoms with E-state index in [0.717, 1.165) is 58.5 Å². The van der Waals surface area contributed by atoms with E-state index in [-0.39, 0.29) is 11.3 Å². The van der Waals surface area contributed by atoms with Crippen molar-refractivity contribution in [3.05, 3.63) is 95.0 Å². The molecule has 36 heavy (non-hydrogen) atoms. The van der Waals surface area contributed by atoms with Crippen molar-refractivity contribution in [3.63, 3.8) is 0 Å². The van der Waals surface area contributed by atoms with Gasteiger partial charge in [-0.25, -0.2) is 4.99 Å². The molecule has 0 saturated carbocycles. The monoisotopic (exact) mass is 495 g/mol. The summed E-state index contributed by atoms with van der Waals surface area (Å²) in [7, 11) is 0. The number of para-hydroxylation sites is 2. The molecular weight excluding hydrogens is 462 g/mol. The highest BCUT2D eigenvalue weighted by atomic mass is 32.1. The highest BCUT2D eigenvalue weighted by molar-refractivity contribution is 7.16. The van der Waals surface area contributed by atoms with Crippen LogP contribution < -0.4 is 5.32 Å². The fourth-order valence-corrected chi connectivity index (χ4v) is 6.42. The van der Waals surface area contributed by atoms with Gasteiger partial charge in [0.2, 0.25) is 0 Å². The van der Waals surface area contributed by atoms with Crippen LogP contribution in [0, 0.1) is 11.3 Å². The first kappa shape index (κ1) is 24.3. The van der Waals surface area contributed by atoms with Crippen molar-refractivity contribution in [2.45, 2.75) is 46.6 Å². The highest BCUT2D eigenvalue weighted by Gasteiger charge is 2.33. The third kappa shape index (κ3) is 4.80. The lowest BCUT2D eigenvalue weighted by Gasteiger charge is -2.33. The molecule has 5 heteroatoms. The smallest absolute Gasteiger partial charge is 0.259 e. The van der Waals surface area contributed by atoms with E-state index in [0.29, 0.717) is 5.92 Å². The number of rotatable bonds is 6. The molecule has 2 aromatic heterocycles. The standard InChI is InChI=1S/C31H33N3OS/c1-5-17-34-20-21(24-13-9-10-14-26(24)34)19-32-30-28(29(35)33-23-11-7-6-8-12-23)25-16-15-22(31(2,3)4)18-27(25)36-30/h5-14,19-20,22H,1,15-18H2,2-4H3,(H,33,35)/t22-/m0/s1. The summed E-state index contributed by atoms with van der Waals surface area (Å²) in [6.07, 6.45) is 8.95. The van der Waals surface area contributed by atoms with Gasteiger partial charge in [0.05, 0.1) is 5.56 Å². The minimum Gasteiger partial charge on any atom is -0.343 e. The Balaban J connectivity index is 1.55. The van der Waals surface area contributed by atoms with E-state index in [1.54, 1.807) is 11.3 Å². The number of fused-ring (bicyclic) bond motifs is 2. The molecule has 2 heterocycles. The SMILES string of the molecule is C=CCn1cc(C=Nc2sc3c(c2C(=O)Nc2ccccc2)CC[C@H](C(C)(C)C)C3)c2ccccc21. The molecule has 5 rings (SSSR count). The zero-order valence-electron chi connectivity index (χ0n) is 21.3. The van der Waals surface area contributed by atoms with Gasteiger partial charge in [-0.15, -0.1) is 17.9 Å². The average Bonchev–Trinajstić information content (AvgIpc) is 3.40. The molecule has 0 unspecified atom stereocenters. The fraction of sp³-hybridized carbons (Fsp3) is 0.290. The molecule has 4 aromatic rings. The van der Waals surface area contributed by atoms with Crippen molar-refractivity contribution >= 4 is 45.0 Å². The third-order valence-corrected chi connectivity index (χ3v) is 8.36. The maximum Gasteiger partial charge on any atom is 0.259 e. The number of aromatic nitrogens is 1. The zero-order chi connectivity index (χ0) is 25.3. The van der Waals surface area contributed by atoms with Crippen LogP contribution in [-0.4, -0.2) is 16.7 Å². The van der Waals surface area contributed by atoms with Crippen molar-refractivity contribution in [1.29, 1.82) is 0 Å². The Morgan fingerprint density at radius 3 is 2.67 bits per heavy atom. The fourth-order valence-electron chi connectivity index (χ4n) is 5.15. The number of aliphatic imine (C=N–C) groups is 1. The number of carbonyl (C=O) groups is 1. The highest BCUT2D eigenvalue weighted by Crippen LogP contribution is 2.45. The van der Waals surface area contributed by atoms with Gasteiger partial charge < -0.3 is 9.88 Å². The Morgan fingerprint density at radius 1 is 1.17 bits per heavy atom. The molecule has 0 radical (unpaired) electrons. The van der Waals surface area contributed by atoms with Gasteiger partial charge in [0, 0.05) is 46.0 Å². The Morgan fingerprint density at radius 2 is 1.92 bits per heavy atom. The number of amides is 1. The van der Waals surface area contributed by atoms with E-state index in [4.69, 9.17) is 4.99 Å². The lowest BCUT2D eigenvalue weighted by molar-refractivity contribution is 0.102. The molecule has 1 amide bonds. The largest absolute Gasteiger partial charge is 0.343 e. The van der Waals surface area contributed by atoms with Crippen molar-refractivity contribution in [2.75, 3.05) is 5.32 Å². The minimum atomic E-state index is -0.0749. The molecule has 1 N–H and O–H groups in total. The number of thiophene rings is 1. The molecule has 0 aliphatic heterocycles. The third-order valence-electron chi connectivity index (χ3n) is 7.20. The topological polar surface area (TPSA) is 46.4 Å². The van der Waals surface area contributed by atoms with E-state index >= 15 is 0 Å². The maximum atomic E-state index is 13.6. The van der Waals surface area contributed by atoms with Crippen LogP contribution in [0.5, 0.6) is 0 Å². The van der Waals surface area contributed by atoms with Crippen LogP contribution in [-0.2, 0) is 19.4 Å². The number of hydrogen-bond donors (Lipinski definition) is 1. The van der Waals surface area contributed by atoms with Crippen molar-refractivity contribution in [2.24, 2.45) is 16.3 Å². The Kier molecular flexibility index (Phi) is 6.67. The first-order chi connectivity index (χ1) is 17.3. The molecule has 1 aliphatic carbocycles. The number of nitrogens with zero attached hydrogens (tertiary/aromatic N) is 2. The second-order valence-electron chi connectivity index (χ2n) is 10.6. The molecule has 0 bridgehead atoms. The van der Waals surface area contributed by atoms with Crippen LogP contribution in [0.4, 0.5) is 10.7 Å². The predicted molar refractivity (Wildman–Crippen MR) is 153 cm³/mol. The molecule has 4 nitrogen and oxygen atoms in total. The van der Waals surface area contributed by atoms with E-state index in [9.17, 15) is 4.79 Å². The molecule has 1 atom stereocenters. The van der Waals surface area contributed by atoms with E-state index < -0.39 is 0 Å². The van der Waals surface area contributed by atoms with Gasteiger partial charge in [-0.2, -0.15) is 0 Å². The van der Waals surface area contributed by atoms with Gasteiger partial charge in [-0.05, 0) is 54.4 Å². The second kappa shape index (κ2) is 9.90. The van der Waals surface area contributed by atoms with Crippen LogP contribution in [0.15, 0.2) is 78.4 Å². The molecule has 2 aromatic carbocycles. The van der Waals surface area contributed by atoms with E-state index in [2.05, 4.69) is 55.6 Å². The summed E-state index contributed by atoms with van der Waals surface area (Å²) in [5.41, 5.74) is 5.14. The van der Waals surface area contributed by atoms with Gasteiger partial charge >= 0.3 is 0 Å². The summed E-state index contributed by atoms with van der Waals surface area (Å²) in [6, 6.07) is 18.0. The summed E-state index contributed by atoms with van der Waals surface area (Å²) in [6.45, 7) is 11.6. The summed E-state index contributed by atoms with van der Waals surface area (Å²) in [5.74, 6) is 0.525. The number of nitrogens with one attached hydrogen (secondary N) is 1. The minimum absolute atomic E-state index is 0.0749. The number of hydrogen-bond acceptors (Lipinski definition) is 3. The zero-order valence-corrected chi connectivity index (χ0v) is 22.1. The maximum absolute atomic E-state index is 13.6. The number of allylic oxidation sites excluding steroid dienone is 1. The Bertz CT molecular complexity index is 1440. The number of carbonyl (C=O) groups excluding carboxylic acids is 1. The number of anilines is 1. The van der Waals surface area contributed by atoms with Gasteiger partial charge in [-0.3, -0.25) is 4.79 Å². The molecule has 184 valence electrons. The first-order valence-electron chi connectivity index (χ1n) is 12.6. The van der Waals surface area contributed by atoms with Crippen LogP contribution in [0.2, 0.25) is 0 Å². The Hall–Kier alpha value is -3.44. The second-order valence-corrected chi connectivity index (χ2v) is 11.7. The van der Waals surface area contributed by atoms with Gasteiger partial charge in [0.15, 0.2) is 0 Å². The van der Waals surface area contributed by atoms with Crippen LogP contribution in [0.1, 0.15) is 53.6 Å². The van der Waals surface area contributed by atoms with Gasteiger partial charge in [0.1, 0.15) is 5.00 Å². The molecule has 1 aliphatic rings. The van der Waals surface area contributed by atoms with Crippen molar-refractivity contribution in [1.82, 2.24) is 4.57 Å². The Labute approximate surface area is 217 Å². The molecule has 0 spiro atoms. The van der Waals surface area contributed by atoms with Crippen molar-refractivity contribution in [3.8, 4) is 0 Å². The number of benzene rings is 2. The van der Waals surface area contributed by atoms with E-state index in [1.165, 1.54) is 10.4 Å². The van der Waals surface area contributed by atoms with Gasteiger partial charge in [0.25, 0.3) is 5.91 Å². The summed E-state index contributed by atoms with van der Waals surface area (Å²) in [5, 5.41) is 5.04. The average molecular weight is 496 g/mol. The van der Waals surface area contributed by atoms with Gasteiger partial charge in [-0.1, -0.05) is 63.2 Å². The molecular formula is C31H33N3OS.